The molecule has 2 heterocycles. The molecule has 0 spiro atoms. The van der Waals surface area contributed by atoms with Crippen molar-refractivity contribution in [2.75, 3.05) is 20.2 Å². The van der Waals surface area contributed by atoms with Gasteiger partial charge in [-0.15, -0.1) is 0 Å². The first-order valence-corrected chi connectivity index (χ1v) is 9.70. The summed E-state index contributed by atoms with van der Waals surface area (Å²) in [5.74, 6) is -0.424. The van der Waals surface area contributed by atoms with E-state index in [0.29, 0.717) is 39.7 Å². The monoisotopic (exact) mass is 419 g/mol. The van der Waals surface area contributed by atoms with Crippen LogP contribution in [0.25, 0.3) is 11.0 Å². The minimum Gasteiger partial charge on any atom is -0.465 e. The second-order valence-electron chi connectivity index (χ2n) is 6.94. The van der Waals surface area contributed by atoms with Crippen LogP contribution in [0.1, 0.15) is 28.4 Å². The van der Waals surface area contributed by atoms with Crippen LogP contribution in [0.3, 0.4) is 0 Å². The molecule has 0 aliphatic carbocycles. The van der Waals surface area contributed by atoms with E-state index >= 15 is 0 Å². The summed E-state index contributed by atoms with van der Waals surface area (Å²) in [5.41, 5.74) is 2.67. The number of aromatic amines is 1. The molecule has 1 aliphatic rings. The highest BCUT2D eigenvalue weighted by Crippen LogP contribution is 2.28. The summed E-state index contributed by atoms with van der Waals surface area (Å²) in [6.07, 6.45) is 0.834. The Morgan fingerprint density at radius 1 is 1.25 bits per heavy atom. The molecule has 28 heavy (non-hydrogen) atoms. The number of esters is 1. The van der Waals surface area contributed by atoms with Crippen LogP contribution in [-0.4, -0.2) is 40.6 Å². The number of imidazole rings is 1. The molecular formula is C20H19Cl2N3O3. The number of aromatic nitrogens is 2. The Morgan fingerprint density at radius 3 is 2.82 bits per heavy atom. The Kier molecular flexibility index (Phi) is 5.19. The maximum absolute atomic E-state index is 12.6. The second-order valence-corrected chi connectivity index (χ2v) is 7.78. The third-order valence-corrected chi connectivity index (χ3v) is 5.75. The van der Waals surface area contributed by atoms with Crippen molar-refractivity contribution in [1.82, 2.24) is 14.5 Å². The largest absolute Gasteiger partial charge is 0.465 e. The predicted octanol–water partition coefficient (Wildman–Crippen LogP) is 3.87. The number of rotatable bonds is 4. The number of nitrogens with zero attached hydrogens (tertiary/aromatic N) is 2. The number of nitrogens with one attached hydrogen (secondary N) is 1. The van der Waals surface area contributed by atoms with E-state index < -0.39 is 5.97 Å². The van der Waals surface area contributed by atoms with Gasteiger partial charge < -0.3 is 9.72 Å². The van der Waals surface area contributed by atoms with Gasteiger partial charge in [-0.1, -0.05) is 29.3 Å². The standard InChI is InChI=1S/C20H19Cl2N3O3/c1-28-19(26)12-3-5-17-18(8-12)25(20(27)23-17)15-6-7-24(11-15)10-13-2-4-14(21)9-16(13)22/h2-5,8-9,15H,6-7,10-11H2,1H3,(H,23,27)/t15-/m1/s1. The lowest BCUT2D eigenvalue weighted by Crippen LogP contribution is -2.26. The third-order valence-electron chi connectivity index (χ3n) is 5.16. The lowest BCUT2D eigenvalue weighted by atomic mass is 10.2. The van der Waals surface area contributed by atoms with Crippen molar-refractivity contribution in [3.05, 3.63) is 68.1 Å². The zero-order valence-corrected chi connectivity index (χ0v) is 16.8. The smallest absolute Gasteiger partial charge is 0.337 e. The van der Waals surface area contributed by atoms with Gasteiger partial charge in [0.1, 0.15) is 0 Å². The number of carbonyl (C=O) groups excluding carboxylic acids is 1. The van der Waals surface area contributed by atoms with Crippen LogP contribution in [-0.2, 0) is 11.3 Å². The summed E-state index contributed by atoms with van der Waals surface area (Å²) in [7, 11) is 1.34. The maximum atomic E-state index is 12.6. The molecule has 146 valence electrons. The molecule has 0 amide bonds. The Morgan fingerprint density at radius 2 is 2.07 bits per heavy atom. The first kappa shape index (κ1) is 19.1. The number of carbonyl (C=O) groups is 1. The van der Waals surface area contributed by atoms with Gasteiger partial charge in [0.2, 0.25) is 0 Å². The lowest BCUT2D eigenvalue weighted by molar-refractivity contribution is 0.0601. The molecule has 6 nitrogen and oxygen atoms in total. The number of halogens is 2. The number of fused-ring (bicyclic) bond motifs is 1. The summed E-state index contributed by atoms with van der Waals surface area (Å²) in [6, 6.07) is 10.6. The topological polar surface area (TPSA) is 67.3 Å². The van der Waals surface area contributed by atoms with E-state index in [0.717, 1.165) is 18.5 Å². The van der Waals surface area contributed by atoms with Gasteiger partial charge >= 0.3 is 11.7 Å². The van der Waals surface area contributed by atoms with Crippen molar-refractivity contribution in [3.63, 3.8) is 0 Å². The molecule has 4 rings (SSSR count). The van der Waals surface area contributed by atoms with E-state index in [1.165, 1.54) is 7.11 Å². The van der Waals surface area contributed by atoms with Crippen molar-refractivity contribution in [2.45, 2.75) is 19.0 Å². The quantitative estimate of drug-likeness (QED) is 0.651. The molecule has 2 aromatic carbocycles. The fourth-order valence-corrected chi connectivity index (χ4v) is 4.25. The number of methoxy groups -OCH3 is 1. The summed E-state index contributed by atoms with van der Waals surface area (Å²) in [4.78, 5) is 29.6. The highest BCUT2D eigenvalue weighted by Gasteiger charge is 2.27. The molecule has 1 atom stereocenters. The molecule has 1 N–H and O–H groups in total. The number of H-pyrrole nitrogens is 1. The maximum Gasteiger partial charge on any atom is 0.337 e. The van der Waals surface area contributed by atoms with Gasteiger partial charge in [0.25, 0.3) is 0 Å². The minimum absolute atomic E-state index is 0.0141. The van der Waals surface area contributed by atoms with Crippen LogP contribution in [0.4, 0.5) is 0 Å². The van der Waals surface area contributed by atoms with Gasteiger partial charge in [0.05, 0.1) is 29.7 Å². The summed E-state index contributed by atoms with van der Waals surface area (Å²) in [6.45, 7) is 2.25. The van der Waals surface area contributed by atoms with Gasteiger partial charge in [0, 0.05) is 29.7 Å². The number of hydrogen-bond donors (Lipinski definition) is 1. The molecule has 0 radical (unpaired) electrons. The van der Waals surface area contributed by atoms with E-state index in [4.69, 9.17) is 27.9 Å². The first-order chi connectivity index (χ1) is 13.5. The average Bonchev–Trinajstić information content (AvgIpc) is 3.25. The molecule has 0 bridgehead atoms. The molecule has 1 saturated heterocycles. The minimum atomic E-state index is -0.424. The Hall–Kier alpha value is -2.28. The van der Waals surface area contributed by atoms with Gasteiger partial charge in [-0.3, -0.25) is 9.47 Å². The van der Waals surface area contributed by atoms with Crippen molar-refractivity contribution in [3.8, 4) is 0 Å². The highest BCUT2D eigenvalue weighted by atomic mass is 35.5. The van der Waals surface area contributed by atoms with E-state index in [-0.39, 0.29) is 11.7 Å². The molecule has 1 aromatic heterocycles. The number of benzene rings is 2. The number of likely N-dealkylation sites (tertiary alicyclic amines) is 1. The van der Waals surface area contributed by atoms with E-state index in [1.807, 2.05) is 12.1 Å². The van der Waals surface area contributed by atoms with E-state index in [2.05, 4.69) is 9.88 Å². The predicted molar refractivity (Wildman–Crippen MR) is 109 cm³/mol. The van der Waals surface area contributed by atoms with Crippen molar-refractivity contribution in [1.29, 1.82) is 0 Å². The third kappa shape index (κ3) is 3.55. The van der Waals surface area contributed by atoms with Crippen LogP contribution < -0.4 is 5.69 Å². The van der Waals surface area contributed by atoms with Crippen molar-refractivity contribution in [2.24, 2.45) is 0 Å². The summed E-state index contributed by atoms with van der Waals surface area (Å²) >= 11 is 12.3. The van der Waals surface area contributed by atoms with Gasteiger partial charge in [-0.25, -0.2) is 9.59 Å². The van der Waals surface area contributed by atoms with Crippen LogP contribution in [0, 0.1) is 0 Å². The average molecular weight is 420 g/mol. The fourth-order valence-electron chi connectivity index (χ4n) is 3.79. The highest BCUT2D eigenvalue weighted by molar-refractivity contribution is 6.35. The normalized spacial score (nSPS) is 17.3. The zero-order chi connectivity index (χ0) is 19.8. The second kappa shape index (κ2) is 7.62. The summed E-state index contributed by atoms with van der Waals surface area (Å²) < 4.78 is 6.54. The molecule has 1 fully saturated rings. The molecule has 3 aromatic rings. The molecule has 0 unspecified atom stereocenters. The molecule has 0 saturated carbocycles. The van der Waals surface area contributed by atoms with Gasteiger partial charge in [-0.2, -0.15) is 0 Å². The van der Waals surface area contributed by atoms with E-state index in [1.54, 1.807) is 28.8 Å². The number of ether oxygens (including phenoxy) is 1. The lowest BCUT2D eigenvalue weighted by Gasteiger charge is -2.17. The number of hydrogen-bond acceptors (Lipinski definition) is 4. The zero-order valence-electron chi connectivity index (χ0n) is 15.2. The summed E-state index contributed by atoms with van der Waals surface area (Å²) in [5, 5.41) is 1.25. The van der Waals surface area contributed by atoms with Gasteiger partial charge in [-0.05, 0) is 42.3 Å². The van der Waals surface area contributed by atoms with Crippen molar-refractivity contribution >= 4 is 40.2 Å². The molecule has 1 aliphatic heterocycles. The Labute approximate surface area is 171 Å². The Balaban J connectivity index is 1.59. The van der Waals surface area contributed by atoms with Gasteiger partial charge in [0.15, 0.2) is 0 Å². The Bertz CT molecular complexity index is 1110. The van der Waals surface area contributed by atoms with Crippen molar-refractivity contribution < 1.29 is 9.53 Å². The van der Waals surface area contributed by atoms with Crippen LogP contribution in [0.2, 0.25) is 10.0 Å². The SMILES string of the molecule is COC(=O)c1ccc2[nH]c(=O)n([C@@H]3CCN(Cc4ccc(Cl)cc4Cl)C3)c2c1. The van der Waals surface area contributed by atoms with Crippen LogP contribution >= 0.6 is 23.2 Å². The van der Waals surface area contributed by atoms with E-state index in [9.17, 15) is 9.59 Å². The molecule has 8 heteroatoms. The first-order valence-electron chi connectivity index (χ1n) is 8.95. The molecular weight excluding hydrogens is 401 g/mol. The van der Waals surface area contributed by atoms with Crippen LogP contribution in [0.5, 0.6) is 0 Å². The van der Waals surface area contributed by atoms with Crippen LogP contribution in [0.15, 0.2) is 41.2 Å². The fraction of sp³-hybridized carbons (Fsp3) is 0.300.